The predicted molar refractivity (Wildman–Crippen MR) is 164 cm³/mol. The Labute approximate surface area is 240 Å². The normalized spacial score (nSPS) is 20.1. The Bertz CT molecular complexity index is 1230. The first-order chi connectivity index (χ1) is 19.7. The van der Waals surface area contributed by atoms with E-state index in [0.29, 0.717) is 0 Å². The van der Waals surface area contributed by atoms with Gasteiger partial charge in [-0.3, -0.25) is 4.90 Å². The third kappa shape index (κ3) is 5.39. The first-order valence-electron chi connectivity index (χ1n) is 15.1. The fourth-order valence-corrected chi connectivity index (χ4v) is 7.36. The van der Waals surface area contributed by atoms with Gasteiger partial charge >= 0.3 is 0 Å². The third-order valence-corrected chi connectivity index (χ3v) is 9.79. The summed E-state index contributed by atoms with van der Waals surface area (Å²) in [6.45, 7) is 4.88. The molecule has 0 amide bonds. The zero-order valence-corrected chi connectivity index (χ0v) is 23.5. The molecule has 0 bridgehead atoms. The van der Waals surface area contributed by atoms with E-state index in [1.165, 1.54) is 22.3 Å². The van der Waals surface area contributed by atoms with Crippen molar-refractivity contribution in [3.8, 4) is 0 Å². The summed E-state index contributed by atoms with van der Waals surface area (Å²) in [7, 11) is 0. The minimum atomic E-state index is -0.389. The molecule has 40 heavy (non-hydrogen) atoms. The summed E-state index contributed by atoms with van der Waals surface area (Å²) < 4.78 is 0. The van der Waals surface area contributed by atoms with Crippen LogP contribution < -0.4 is 0 Å². The van der Waals surface area contributed by atoms with Crippen molar-refractivity contribution in [1.29, 1.82) is 0 Å². The van der Waals surface area contributed by atoms with Crippen molar-refractivity contribution >= 4 is 0 Å². The summed E-state index contributed by atoms with van der Waals surface area (Å²) in [6, 6.07) is 44.1. The molecule has 4 aromatic rings. The smallest absolute Gasteiger partial charge is 0.108 e. The van der Waals surface area contributed by atoms with Crippen molar-refractivity contribution in [2.45, 2.75) is 49.2 Å². The van der Waals surface area contributed by atoms with Crippen LogP contribution in [0.4, 0.5) is 0 Å². The molecule has 0 radical (unpaired) electrons. The zero-order valence-electron chi connectivity index (χ0n) is 23.5. The van der Waals surface area contributed by atoms with E-state index >= 15 is 0 Å². The molecule has 3 heteroatoms. The van der Waals surface area contributed by atoms with Gasteiger partial charge in [-0.2, -0.15) is 0 Å². The van der Waals surface area contributed by atoms with E-state index in [4.69, 9.17) is 0 Å². The number of benzene rings is 4. The Morgan fingerprint density at radius 3 is 1.18 bits per heavy atom. The first-order valence-corrected chi connectivity index (χ1v) is 15.1. The van der Waals surface area contributed by atoms with Gasteiger partial charge in [-0.25, -0.2) is 0 Å². The molecular weight excluding hydrogens is 488 g/mol. The molecular formula is C37H42N2O. The van der Waals surface area contributed by atoms with Gasteiger partial charge in [-0.05, 0) is 67.4 Å². The summed E-state index contributed by atoms with van der Waals surface area (Å²) in [5.74, 6) is 0. The van der Waals surface area contributed by atoms with Crippen LogP contribution in [0.1, 0.15) is 54.4 Å². The molecule has 0 spiro atoms. The van der Waals surface area contributed by atoms with Crippen LogP contribution in [-0.4, -0.2) is 53.9 Å². The second kappa shape index (κ2) is 12.1. The lowest BCUT2D eigenvalue weighted by Crippen LogP contribution is -2.49. The highest BCUT2D eigenvalue weighted by Gasteiger charge is 2.40. The van der Waals surface area contributed by atoms with Gasteiger partial charge < -0.3 is 10.0 Å². The number of nitrogens with zero attached hydrogens (tertiary/aromatic N) is 2. The van der Waals surface area contributed by atoms with E-state index < -0.39 is 0 Å². The van der Waals surface area contributed by atoms with Crippen LogP contribution >= 0.6 is 0 Å². The summed E-state index contributed by atoms with van der Waals surface area (Å²) in [6.07, 6.45) is 4.68. The second-order valence-electron chi connectivity index (χ2n) is 11.8. The highest BCUT2D eigenvalue weighted by molar-refractivity contribution is 5.41. The minimum absolute atomic E-state index is 0.0177. The fraction of sp³-hybridized carbons (Fsp3) is 0.351. The van der Waals surface area contributed by atoms with Crippen LogP contribution in [0.2, 0.25) is 0 Å². The van der Waals surface area contributed by atoms with Gasteiger partial charge in [0.1, 0.15) is 6.23 Å². The van der Waals surface area contributed by atoms with Gasteiger partial charge in [0.25, 0.3) is 0 Å². The summed E-state index contributed by atoms with van der Waals surface area (Å²) >= 11 is 0. The standard InChI is InChI=1S/C37H42N2O/c40-35(39-29-24-37(25-30-39,33-17-9-3-10-18-33)34-19-11-4-12-20-34)21-26-38-27-22-36(23-28-38,31-13-5-1-6-14-31)32-15-7-2-8-16-32/h1-20,35,40H,21-30H2. The van der Waals surface area contributed by atoms with Crippen molar-refractivity contribution in [2.75, 3.05) is 32.7 Å². The number of hydrogen-bond acceptors (Lipinski definition) is 3. The van der Waals surface area contributed by atoms with Gasteiger partial charge in [0.05, 0.1) is 0 Å². The summed E-state index contributed by atoms with van der Waals surface area (Å²) in [5.41, 5.74) is 5.73. The van der Waals surface area contributed by atoms with Crippen molar-refractivity contribution in [3.63, 3.8) is 0 Å². The average Bonchev–Trinajstić information content (AvgIpc) is 3.05. The predicted octanol–water partition coefficient (Wildman–Crippen LogP) is 6.86. The van der Waals surface area contributed by atoms with Crippen LogP contribution in [0.5, 0.6) is 0 Å². The minimum Gasteiger partial charge on any atom is -0.378 e. The average molecular weight is 531 g/mol. The summed E-state index contributed by atoms with van der Waals surface area (Å²) in [5, 5.41) is 11.3. The molecule has 6 rings (SSSR count). The Hall–Kier alpha value is -3.24. The lowest BCUT2D eigenvalue weighted by atomic mass is 9.68. The fourth-order valence-electron chi connectivity index (χ4n) is 7.36. The van der Waals surface area contributed by atoms with Gasteiger partial charge in [0, 0.05) is 30.5 Å². The lowest BCUT2D eigenvalue weighted by molar-refractivity contribution is -0.0294. The van der Waals surface area contributed by atoms with Gasteiger partial charge in [0.15, 0.2) is 0 Å². The van der Waals surface area contributed by atoms with E-state index in [1.807, 2.05) is 0 Å². The first kappa shape index (κ1) is 27.0. The molecule has 0 saturated carbocycles. The molecule has 2 fully saturated rings. The van der Waals surface area contributed by atoms with Crippen molar-refractivity contribution < 1.29 is 5.11 Å². The number of likely N-dealkylation sites (tertiary alicyclic amines) is 2. The van der Waals surface area contributed by atoms with E-state index in [9.17, 15) is 5.11 Å². The lowest BCUT2D eigenvalue weighted by Gasteiger charge is -2.45. The van der Waals surface area contributed by atoms with Gasteiger partial charge in [0.2, 0.25) is 0 Å². The largest absolute Gasteiger partial charge is 0.378 e. The molecule has 1 N–H and O–H groups in total. The van der Waals surface area contributed by atoms with Gasteiger partial charge in [-0.15, -0.1) is 0 Å². The maximum atomic E-state index is 11.3. The number of rotatable bonds is 8. The topological polar surface area (TPSA) is 26.7 Å². The highest BCUT2D eigenvalue weighted by atomic mass is 16.3. The van der Waals surface area contributed by atoms with Crippen molar-refractivity contribution in [1.82, 2.24) is 9.80 Å². The molecule has 2 aliphatic heterocycles. The number of hydrogen-bond donors (Lipinski definition) is 1. The maximum absolute atomic E-state index is 11.3. The molecule has 206 valence electrons. The quantitative estimate of drug-likeness (QED) is 0.270. The number of piperidine rings is 2. The Morgan fingerprint density at radius 2 is 0.825 bits per heavy atom. The Kier molecular flexibility index (Phi) is 8.15. The van der Waals surface area contributed by atoms with Gasteiger partial charge in [-0.1, -0.05) is 121 Å². The Morgan fingerprint density at radius 1 is 0.500 bits per heavy atom. The van der Waals surface area contributed by atoms with E-state index in [0.717, 1.165) is 64.8 Å². The van der Waals surface area contributed by atoms with E-state index in [1.54, 1.807) is 0 Å². The molecule has 2 aliphatic rings. The Balaban J connectivity index is 1.07. The number of aliphatic hydroxyl groups is 1. The number of aliphatic hydroxyl groups excluding tert-OH is 1. The van der Waals surface area contributed by atoms with E-state index in [-0.39, 0.29) is 17.1 Å². The molecule has 0 aliphatic carbocycles. The second-order valence-corrected chi connectivity index (χ2v) is 11.8. The molecule has 2 saturated heterocycles. The molecule has 1 atom stereocenters. The molecule has 4 aromatic carbocycles. The monoisotopic (exact) mass is 530 g/mol. The van der Waals surface area contributed by atoms with Crippen LogP contribution in [-0.2, 0) is 10.8 Å². The van der Waals surface area contributed by atoms with Crippen molar-refractivity contribution in [2.24, 2.45) is 0 Å². The maximum Gasteiger partial charge on any atom is 0.108 e. The third-order valence-electron chi connectivity index (χ3n) is 9.79. The summed E-state index contributed by atoms with van der Waals surface area (Å²) in [4.78, 5) is 4.88. The van der Waals surface area contributed by atoms with Crippen molar-refractivity contribution in [3.05, 3.63) is 144 Å². The highest BCUT2D eigenvalue weighted by Crippen LogP contribution is 2.43. The van der Waals surface area contributed by atoms with Crippen LogP contribution in [0, 0.1) is 0 Å². The van der Waals surface area contributed by atoms with Crippen LogP contribution in [0.25, 0.3) is 0 Å². The van der Waals surface area contributed by atoms with Crippen LogP contribution in [0.3, 0.4) is 0 Å². The molecule has 2 heterocycles. The van der Waals surface area contributed by atoms with Crippen LogP contribution in [0.15, 0.2) is 121 Å². The molecule has 1 unspecified atom stereocenters. The SMILES string of the molecule is OC(CCN1CCC(c2ccccc2)(c2ccccc2)CC1)N1CCC(c2ccccc2)(c2ccccc2)CC1. The molecule has 0 aromatic heterocycles. The van der Waals surface area contributed by atoms with E-state index in [2.05, 4.69) is 131 Å². The molecule has 3 nitrogen and oxygen atoms in total. The zero-order chi connectivity index (χ0) is 27.3.